The van der Waals surface area contributed by atoms with Crippen molar-refractivity contribution in [2.75, 3.05) is 6.61 Å². The van der Waals surface area contributed by atoms with Crippen molar-refractivity contribution >= 4 is 33.8 Å². The maximum atomic E-state index is 12.7. The zero-order valence-electron chi connectivity index (χ0n) is 16.8. The number of carbonyl (C=O) groups is 2. The van der Waals surface area contributed by atoms with Crippen molar-refractivity contribution in [3.8, 4) is 0 Å². The van der Waals surface area contributed by atoms with E-state index < -0.39 is 11.5 Å². The first-order valence-electron chi connectivity index (χ1n) is 10.3. The van der Waals surface area contributed by atoms with Gasteiger partial charge in [0.05, 0.1) is 6.33 Å². The molecule has 31 heavy (non-hydrogen) atoms. The first-order chi connectivity index (χ1) is 15.1. The van der Waals surface area contributed by atoms with Crippen LogP contribution in [0.2, 0.25) is 0 Å². The number of fused-ring (bicyclic) bond motifs is 4. The number of para-hydroxylation sites is 1. The predicted octanol–water partition coefficient (Wildman–Crippen LogP) is 3.45. The van der Waals surface area contributed by atoms with Crippen LogP contribution in [-0.4, -0.2) is 27.9 Å². The number of ketones is 1. The zero-order valence-corrected chi connectivity index (χ0v) is 16.8. The molecule has 0 aliphatic heterocycles. The highest BCUT2D eigenvalue weighted by Gasteiger charge is 2.17. The molecule has 0 N–H and O–H groups in total. The van der Waals surface area contributed by atoms with E-state index >= 15 is 0 Å². The van der Waals surface area contributed by atoms with E-state index in [1.165, 1.54) is 23.9 Å². The molecule has 0 spiro atoms. The number of aromatic nitrogens is 2. The molecule has 0 amide bonds. The summed E-state index contributed by atoms with van der Waals surface area (Å²) in [6, 6.07) is 12.9. The van der Waals surface area contributed by atoms with E-state index in [0.717, 1.165) is 29.2 Å². The highest BCUT2D eigenvalue weighted by atomic mass is 16.5. The molecule has 0 unspecified atom stereocenters. The Morgan fingerprint density at radius 2 is 1.87 bits per heavy atom. The van der Waals surface area contributed by atoms with Gasteiger partial charge in [-0.2, -0.15) is 0 Å². The van der Waals surface area contributed by atoms with Gasteiger partial charge in [0.2, 0.25) is 5.58 Å². The number of Topliss-reactive ketones (excluding diaryl/α,β-unsaturated/α-hetero) is 1. The largest absolute Gasteiger partial charge is 0.456 e. The van der Waals surface area contributed by atoms with E-state index in [9.17, 15) is 14.4 Å². The van der Waals surface area contributed by atoms with Gasteiger partial charge in [-0.15, -0.1) is 0 Å². The van der Waals surface area contributed by atoms with Crippen molar-refractivity contribution in [2.45, 2.75) is 32.2 Å². The van der Waals surface area contributed by atoms with E-state index in [-0.39, 0.29) is 24.5 Å². The van der Waals surface area contributed by atoms with E-state index in [0.29, 0.717) is 16.7 Å². The van der Waals surface area contributed by atoms with E-state index in [2.05, 4.69) is 4.98 Å². The average Bonchev–Trinajstić information content (AvgIpc) is 3.18. The molecule has 2 aromatic carbocycles. The number of nitrogens with zero attached hydrogens (tertiary/aromatic N) is 2. The summed E-state index contributed by atoms with van der Waals surface area (Å²) >= 11 is 0. The number of hydrogen-bond acceptors (Lipinski definition) is 6. The molecule has 0 radical (unpaired) electrons. The summed E-state index contributed by atoms with van der Waals surface area (Å²) in [6.07, 6.45) is 5.59. The van der Waals surface area contributed by atoms with Gasteiger partial charge in [-0.25, -0.2) is 4.98 Å². The highest BCUT2D eigenvalue weighted by Crippen LogP contribution is 2.24. The van der Waals surface area contributed by atoms with Crippen molar-refractivity contribution in [1.29, 1.82) is 0 Å². The number of benzene rings is 2. The maximum Gasteiger partial charge on any atom is 0.326 e. The molecular formula is C24H20N2O5. The van der Waals surface area contributed by atoms with Gasteiger partial charge in [0, 0.05) is 10.9 Å². The number of aryl methyl sites for hydroxylation is 2. The third-order valence-electron chi connectivity index (χ3n) is 5.68. The van der Waals surface area contributed by atoms with Crippen molar-refractivity contribution < 1.29 is 18.7 Å². The van der Waals surface area contributed by atoms with Crippen molar-refractivity contribution in [2.24, 2.45) is 0 Å². The summed E-state index contributed by atoms with van der Waals surface area (Å²) < 4.78 is 11.9. The molecule has 0 atom stereocenters. The second kappa shape index (κ2) is 7.83. The molecule has 0 bridgehead atoms. The van der Waals surface area contributed by atoms with Crippen LogP contribution in [-0.2, 0) is 28.9 Å². The Bertz CT molecular complexity index is 1380. The number of esters is 1. The van der Waals surface area contributed by atoms with Crippen LogP contribution < -0.4 is 5.56 Å². The molecule has 2 heterocycles. The Labute approximate surface area is 177 Å². The first-order valence-corrected chi connectivity index (χ1v) is 10.3. The van der Waals surface area contributed by atoms with Crippen molar-refractivity contribution in [3.05, 3.63) is 75.8 Å². The van der Waals surface area contributed by atoms with E-state index in [4.69, 9.17) is 9.15 Å². The molecule has 1 aliphatic rings. The van der Waals surface area contributed by atoms with Gasteiger partial charge in [-0.3, -0.25) is 19.0 Å². The number of rotatable bonds is 5. The molecule has 156 valence electrons. The predicted molar refractivity (Wildman–Crippen MR) is 114 cm³/mol. The van der Waals surface area contributed by atoms with Crippen molar-refractivity contribution in [3.63, 3.8) is 0 Å². The van der Waals surface area contributed by atoms with Crippen LogP contribution in [0.15, 0.2) is 58.0 Å². The summed E-state index contributed by atoms with van der Waals surface area (Å²) in [5, 5.41) is 0.736. The fourth-order valence-electron chi connectivity index (χ4n) is 4.05. The normalized spacial score (nSPS) is 13.3. The molecular weight excluding hydrogens is 396 g/mol. The van der Waals surface area contributed by atoms with Gasteiger partial charge in [0.25, 0.3) is 5.56 Å². The van der Waals surface area contributed by atoms with E-state index in [1.807, 2.05) is 24.3 Å². The quantitative estimate of drug-likeness (QED) is 0.366. The topological polar surface area (TPSA) is 91.4 Å². The molecule has 1 aliphatic carbocycles. The SMILES string of the molecule is O=C(Cn1cnc2c(oc3ccccc32)c1=O)OCC(=O)c1ccc2c(c1)CCCC2. The van der Waals surface area contributed by atoms with E-state index in [1.54, 1.807) is 18.2 Å². The summed E-state index contributed by atoms with van der Waals surface area (Å²) in [4.78, 5) is 41.6. The van der Waals surface area contributed by atoms with Crippen LogP contribution in [0.25, 0.3) is 22.1 Å². The Hall–Kier alpha value is -3.74. The lowest BCUT2D eigenvalue weighted by Crippen LogP contribution is -2.26. The Morgan fingerprint density at radius 3 is 2.74 bits per heavy atom. The van der Waals surface area contributed by atoms with Gasteiger partial charge in [-0.05, 0) is 55.0 Å². The highest BCUT2D eigenvalue weighted by molar-refractivity contribution is 6.01. The minimum atomic E-state index is -0.689. The molecule has 7 nitrogen and oxygen atoms in total. The summed E-state index contributed by atoms with van der Waals surface area (Å²) in [5.74, 6) is -0.953. The van der Waals surface area contributed by atoms with Crippen LogP contribution >= 0.6 is 0 Å². The molecule has 2 aromatic heterocycles. The third-order valence-corrected chi connectivity index (χ3v) is 5.68. The second-order valence-corrected chi connectivity index (χ2v) is 7.73. The molecule has 4 aromatic rings. The molecule has 7 heteroatoms. The smallest absolute Gasteiger partial charge is 0.326 e. The number of ether oxygens (including phenoxy) is 1. The molecule has 0 saturated carbocycles. The maximum absolute atomic E-state index is 12.7. The fourth-order valence-corrected chi connectivity index (χ4v) is 4.05. The van der Waals surface area contributed by atoms with Gasteiger partial charge in [0.1, 0.15) is 17.6 Å². The first kappa shape index (κ1) is 19.2. The minimum Gasteiger partial charge on any atom is -0.456 e. The van der Waals surface area contributed by atoms with Gasteiger partial charge in [-0.1, -0.05) is 24.3 Å². The summed E-state index contributed by atoms with van der Waals surface area (Å²) in [6.45, 7) is -0.719. The Balaban J connectivity index is 1.28. The lowest BCUT2D eigenvalue weighted by atomic mass is 9.90. The van der Waals surface area contributed by atoms with Gasteiger partial charge < -0.3 is 9.15 Å². The summed E-state index contributed by atoms with van der Waals surface area (Å²) in [5.41, 5.74) is 3.63. The van der Waals surface area contributed by atoms with Crippen LogP contribution in [0.5, 0.6) is 0 Å². The van der Waals surface area contributed by atoms with Gasteiger partial charge in [0.15, 0.2) is 12.4 Å². The lowest BCUT2D eigenvalue weighted by molar-refractivity contribution is -0.143. The minimum absolute atomic E-state index is 0.0848. The van der Waals surface area contributed by atoms with Crippen LogP contribution in [0.4, 0.5) is 0 Å². The van der Waals surface area contributed by atoms with Crippen molar-refractivity contribution in [1.82, 2.24) is 9.55 Å². The molecule has 0 saturated heterocycles. The summed E-state index contributed by atoms with van der Waals surface area (Å²) in [7, 11) is 0. The monoisotopic (exact) mass is 416 g/mol. The molecule has 5 rings (SSSR count). The lowest BCUT2D eigenvalue weighted by Gasteiger charge is -2.16. The number of furan rings is 1. The Morgan fingerprint density at radius 1 is 1.06 bits per heavy atom. The van der Waals surface area contributed by atoms with Crippen LogP contribution in [0.1, 0.15) is 34.3 Å². The fraction of sp³-hybridized carbons (Fsp3) is 0.250. The third kappa shape index (κ3) is 3.63. The van der Waals surface area contributed by atoms with Gasteiger partial charge >= 0.3 is 5.97 Å². The average molecular weight is 416 g/mol. The standard InChI is InChI=1S/C24H20N2O5/c27-19(17-10-9-15-5-1-2-6-16(15)11-17)13-30-21(28)12-26-14-25-22-18-7-3-4-8-20(18)31-23(22)24(26)29/h3-4,7-11,14H,1-2,5-6,12-13H2. The zero-order chi connectivity index (χ0) is 21.4. The van der Waals surface area contributed by atoms with Crippen LogP contribution in [0.3, 0.4) is 0 Å². The van der Waals surface area contributed by atoms with Crippen LogP contribution in [0, 0.1) is 0 Å². The Kier molecular flexibility index (Phi) is 4.86. The second-order valence-electron chi connectivity index (χ2n) is 7.73. The molecule has 0 fully saturated rings. The number of carbonyl (C=O) groups excluding carboxylic acids is 2. The number of hydrogen-bond donors (Lipinski definition) is 0.